The highest BCUT2D eigenvalue weighted by atomic mass is 16.1. The van der Waals surface area contributed by atoms with Crippen molar-refractivity contribution in [3.63, 3.8) is 0 Å². The van der Waals surface area contributed by atoms with E-state index in [1.165, 1.54) is 11.1 Å². The molecule has 1 amide bonds. The number of nitrogens with zero attached hydrogens (tertiary/aromatic N) is 5. The van der Waals surface area contributed by atoms with E-state index in [0.29, 0.717) is 37.9 Å². The molecule has 1 aliphatic rings. The van der Waals surface area contributed by atoms with Crippen molar-refractivity contribution >= 4 is 23.9 Å². The summed E-state index contributed by atoms with van der Waals surface area (Å²) in [4.78, 5) is 19.1. The van der Waals surface area contributed by atoms with E-state index >= 15 is 0 Å². The molecule has 3 rings (SSSR count). The van der Waals surface area contributed by atoms with Gasteiger partial charge in [-0.1, -0.05) is 6.07 Å². The van der Waals surface area contributed by atoms with E-state index in [0.717, 1.165) is 12.1 Å². The number of benzene rings is 1. The lowest BCUT2D eigenvalue weighted by Crippen LogP contribution is -2.46. The summed E-state index contributed by atoms with van der Waals surface area (Å²) in [5.74, 6) is 1.25. The van der Waals surface area contributed by atoms with Crippen molar-refractivity contribution in [1.29, 1.82) is 0 Å². The minimum atomic E-state index is 0.587. The number of hydrogen-bond donors (Lipinski definition) is 1. The van der Waals surface area contributed by atoms with Crippen LogP contribution in [0.1, 0.15) is 11.1 Å². The summed E-state index contributed by atoms with van der Waals surface area (Å²) < 4.78 is 0. The van der Waals surface area contributed by atoms with Crippen LogP contribution in [0.25, 0.3) is 0 Å². The minimum Gasteiger partial charge on any atom is -0.342 e. The van der Waals surface area contributed by atoms with E-state index in [9.17, 15) is 4.79 Å². The van der Waals surface area contributed by atoms with Crippen molar-refractivity contribution in [2.75, 3.05) is 36.4 Å². The van der Waals surface area contributed by atoms with Crippen molar-refractivity contribution in [3.8, 4) is 0 Å². The number of piperazine rings is 1. The van der Waals surface area contributed by atoms with Gasteiger partial charge in [-0.25, -0.2) is 0 Å². The van der Waals surface area contributed by atoms with E-state index in [4.69, 9.17) is 0 Å². The predicted molar refractivity (Wildman–Crippen MR) is 88.9 cm³/mol. The lowest BCUT2D eigenvalue weighted by molar-refractivity contribution is -0.118. The Balaban J connectivity index is 1.72. The lowest BCUT2D eigenvalue weighted by Gasteiger charge is -2.32. The molecule has 0 radical (unpaired) electrons. The van der Waals surface area contributed by atoms with Crippen LogP contribution in [0.15, 0.2) is 24.4 Å². The normalized spacial score (nSPS) is 14.7. The van der Waals surface area contributed by atoms with Crippen molar-refractivity contribution in [2.24, 2.45) is 0 Å². The van der Waals surface area contributed by atoms with Crippen LogP contribution in [-0.2, 0) is 4.79 Å². The average molecular weight is 312 g/mol. The fourth-order valence-electron chi connectivity index (χ4n) is 2.48. The van der Waals surface area contributed by atoms with E-state index in [1.54, 1.807) is 11.1 Å². The Hall–Kier alpha value is -2.70. The van der Waals surface area contributed by atoms with Gasteiger partial charge in [0.2, 0.25) is 12.4 Å². The highest BCUT2D eigenvalue weighted by Crippen LogP contribution is 2.19. The van der Waals surface area contributed by atoms with Crippen molar-refractivity contribution in [2.45, 2.75) is 13.8 Å². The van der Waals surface area contributed by atoms with Crippen LogP contribution in [0.3, 0.4) is 0 Å². The van der Waals surface area contributed by atoms with E-state index in [-0.39, 0.29) is 0 Å². The van der Waals surface area contributed by atoms with E-state index < -0.39 is 0 Å². The molecule has 1 aliphatic heterocycles. The zero-order valence-electron chi connectivity index (χ0n) is 13.4. The second kappa shape index (κ2) is 6.60. The fraction of sp³-hybridized carbons (Fsp3) is 0.375. The molecule has 23 heavy (non-hydrogen) atoms. The van der Waals surface area contributed by atoms with Crippen molar-refractivity contribution in [3.05, 3.63) is 35.5 Å². The van der Waals surface area contributed by atoms with E-state index in [1.807, 2.05) is 11.0 Å². The minimum absolute atomic E-state index is 0.587. The first-order chi connectivity index (χ1) is 11.2. The number of aryl methyl sites for hydroxylation is 2. The Morgan fingerprint density at radius 3 is 2.61 bits per heavy atom. The summed E-state index contributed by atoms with van der Waals surface area (Å²) in [5.41, 5.74) is 3.46. The molecule has 2 heterocycles. The Morgan fingerprint density at radius 1 is 1.13 bits per heavy atom. The Kier molecular flexibility index (Phi) is 4.36. The van der Waals surface area contributed by atoms with Gasteiger partial charge in [0.25, 0.3) is 0 Å². The van der Waals surface area contributed by atoms with Gasteiger partial charge in [0.15, 0.2) is 5.82 Å². The van der Waals surface area contributed by atoms with Crippen LogP contribution in [0.5, 0.6) is 0 Å². The molecular weight excluding hydrogens is 292 g/mol. The number of anilines is 3. The third kappa shape index (κ3) is 3.56. The second-order valence-electron chi connectivity index (χ2n) is 5.69. The molecule has 1 aromatic carbocycles. The maximum Gasteiger partial charge on any atom is 0.247 e. The summed E-state index contributed by atoms with van der Waals surface area (Å²) >= 11 is 0. The van der Waals surface area contributed by atoms with Crippen LogP contribution in [0, 0.1) is 13.8 Å². The molecule has 120 valence electrons. The number of aromatic nitrogens is 3. The van der Waals surface area contributed by atoms with Gasteiger partial charge >= 0.3 is 0 Å². The molecule has 2 aromatic rings. The zero-order chi connectivity index (χ0) is 16.2. The van der Waals surface area contributed by atoms with Gasteiger partial charge in [-0.15, -0.1) is 5.10 Å². The van der Waals surface area contributed by atoms with E-state index in [2.05, 4.69) is 46.5 Å². The second-order valence-corrected chi connectivity index (χ2v) is 5.69. The number of amides is 1. The molecule has 0 aliphatic carbocycles. The third-order valence-electron chi connectivity index (χ3n) is 4.07. The molecule has 7 heteroatoms. The lowest BCUT2D eigenvalue weighted by atomic mass is 10.1. The highest BCUT2D eigenvalue weighted by Gasteiger charge is 2.18. The first kappa shape index (κ1) is 15.2. The molecule has 0 saturated carbocycles. The van der Waals surface area contributed by atoms with Crippen LogP contribution in [0.4, 0.5) is 17.5 Å². The molecule has 0 bridgehead atoms. The van der Waals surface area contributed by atoms with Gasteiger partial charge < -0.3 is 15.1 Å². The Morgan fingerprint density at radius 2 is 1.91 bits per heavy atom. The molecule has 1 aromatic heterocycles. The van der Waals surface area contributed by atoms with Crippen LogP contribution in [0.2, 0.25) is 0 Å². The van der Waals surface area contributed by atoms with Crippen LogP contribution >= 0.6 is 0 Å². The van der Waals surface area contributed by atoms with Crippen molar-refractivity contribution < 1.29 is 4.79 Å². The smallest absolute Gasteiger partial charge is 0.247 e. The number of hydrogen-bond acceptors (Lipinski definition) is 6. The molecule has 1 N–H and O–H groups in total. The Bertz CT molecular complexity index is 697. The van der Waals surface area contributed by atoms with Gasteiger partial charge in [0, 0.05) is 31.9 Å². The molecule has 0 atom stereocenters. The summed E-state index contributed by atoms with van der Waals surface area (Å²) in [7, 11) is 0. The largest absolute Gasteiger partial charge is 0.342 e. The summed E-state index contributed by atoms with van der Waals surface area (Å²) in [6, 6.07) is 6.18. The molecule has 0 spiro atoms. The molecular formula is C16H20N6O. The molecule has 7 nitrogen and oxygen atoms in total. The summed E-state index contributed by atoms with van der Waals surface area (Å²) in [6.07, 6.45) is 2.49. The fourth-order valence-corrected chi connectivity index (χ4v) is 2.48. The van der Waals surface area contributed by atoms with Gasteiger partial charge in [-0.05, 0) is 37.1 Å². The van der Waals surface area contributed by atoms with Gasteiger partial charge in [-0.3, -0.25) is 4.79 Å². The van der Waals surface area contributed by atoms with Crippen LogP contribution in [-0.4, -0.2) is 52.7 Å². The highest BCUT2D eigenvalue weighted by molar-refractivity contribution is 5.58. The predicted octanol–water partition coefficient (Wildman–Crippen LogP) is 1.51. The summed E-state index contributed by atoms with van der Waals surface area (Å²) in [6.45, 7) is 6.96. The first-order valence-corrected chi connectivity index (χ1v) is 7.64. The summed E-state index contributed by atoms with van der Waals surface area (Å²) in [5, 5.41) is 11.4. The zero-order valence-corrected chi connectivity index (χ0v) is 13.4. The average Bonchev–Trinajstić information content (AvgIpc) is 2.58. The maximum atomic E-state index is 10.8. The molecule has 1 fully saturated rings. The maximum absolute atomic E-state index is 10.8. The molecule has 1 saturated heterocycles. The topological polar surface area (TPSA) is 74.2 Å². The van der Waals surface area contributed by atoms with Gasteiger partial charge in [-0.2, -0.15) is 10.1 Å². The SMILES string of the molecule is Cc1ccc(Nc2cnnc(N3CCN(C=O)CC3)n2)cc1C. The quantitative estimate of drug-likeness (QED) is 0.863. The van der Waals surface area contributed by atoms with Crippen molar-refractivity contribution in [1.82, 2.24) is 20.1 Å². The third-order valence-corrected chi connectivity index (χ3v) is 4.07. The van der Waals surface area contributed by atoms with Gasteiger partial charge in [0.1, 0.15) is 0 Å². The van der Waals surface area contributed by atoms with Gasteiger partial charge in [0.05, 0.1) is 6.20 Å². The number of carbonyl (C=O) groups excluding carboxylic acids is 1. The monoisotopic (exact) mass is 312 g/mol. The number of carbonyl (C=O) groups is 1. The Labute approximate surface area is 135 Å². The van der Waals surface area contributed by atoms with Crippen LogP contribution < -0.4 is 10.2 Å². The molecule has 0 unspecified atom stereocenters. The standard InChI is InChI=1S/C16H20N6O/c1-12-3-4-14(9-13(12)2)18-15-10-17-20-16(19-15)22-7-5-21(11-23)6-8-22/h3-4,9-11H,5-8H2,1-2H3,(H,18,19,20). The number of nitrogens with one attached hydrogen (secondary N) is 1. The first-order valence-electron chi connectivity index (χ1n) is 7.64. The number of rotatable bonds is 4.